The minimum Gasteiger partial charge on any atom is -0.486 e. The van der Waals surface area contributed by atoms with Crippen LogP contribution in [0.4, 0.5) is 0 Å². The fourth-order valence-corrected chi connectivity index (χ4v) is 2.09. The Kier molecular flexibility index (Phi) is 3.28. The molecule has 1 aromatic carbocycles. The summed E-state index contributed by atoms with van der Waals surface area (Å²) < 4.78 is 7.49. The van der Waals surface area contributed by atoms with Gasteiger partial charge in [-0.3, -0.25) is 0 Å². The number of nitriles is 1. The van der Waals surface area contributed by atoms with Crippen molar-refractivity contribution in [3.05, 3.63) is 65.1 Å². The first-order chi connectivity index (χ1) is 9.76. The topological polar surface area (TPSA) is 50.3 Å². The summed E-state index contributed by atoms with van der Waals surface area (Å²) in [4.78, 5) is 4.42. The van der Waals surface area contributed by atoms with E-state index in [1.807, 2.05) is 22.7 Å². The number of halogens is 1. The third kappa shape index (κ3) is 2.44. The minimum absolute atomic E-state index is 0.304. The summed E-state index contributed by atoms with van der Waals surface area (Å²) in [5.74, 6) is 0.560. The van der Waals surface area contributed by atoms with E-state index in [2.05, 4.69) is 11.1 Å². The number of fused-ring (bicyclic) bond motifs is 1. The Morgan fingerprint density at radius 2 is 2.05 bits per heavy atom. The number of hydrogen-bond acceptors (Lipinski definition) is 3. The number of para-hydroxylation sites is 1. The van der Waals surface area contributed by atoms with Crippen molar-refractivity contribution in [1.82, 2.24) is 9.38 Å². The maximum atomic E-state index is 9.00. The standard InChI is InChI=1S/C15H10ClN3O/c16-12-5-6-15-18-13(9-19(15)8-12)10-20-14-4-2-1-3-11(14)7-17/h1-6,8-9H,10H2. The van der Waals surface area contributed by atoms with Gasteiger partial charge in [0, 0.05) is 12.4 Å². The van der Waals surface area contributed by atoms with E-state index in [4.69, 9.17) is 21.6 Å². The van der Waals surface area contributed by atoms with Crippen LogP contribution in [0.3, 0.4) is 0 Å². The van der Waals surface area contributed by atoms with E-state index < -0.39 is 0 Å². The molecule has 3 aromatic rings. The van der Waals surface area contributed by atoms with Crippen LogP contribution >= 0.6 is 11.6 Å². The number of hydrogen-bond donors (Lipinski definition) is 0. The molecule has 0 fully saturated rings. The van der Waals surface area contributed by atoms with Gasteiger partial charge in [0.25, 0.3) is 0 Å². The summed E-state index contributed by atoms with van der Waals surface area (Å²) in [6, 6.07) is 12.9. The van der Waals surface area contributed by atoms with Gasteiger partial charge in [-0.05, 0) is 24.3 Å². The third-order valence-electron chi connectivity index (χ3n) is 2.85. The molecular formula is C15H10ClN3O. The first-order valence-corrected chi connectivity index (χ1v) is 6.39. The van der Waals surface area contributed by atoms with Gasteiger partial charge in [-0.2, -0.15) is 5.26 Å². The van der Waals surface area contributed by atoms with Crippen LogP contribution in [0.25, 0.3) is 5.65 Å². The third-order valence-corrected chi connectivity index (χ3v) is 3.07. The molecular weight excluding hydrogens is 274 g/mol. The number of pyridine rings is 1. The summed E-state index contributed by atoms with van der Waals surface area (Å²) in [5.41, 5.74) is 2.10. The molecule has 0 saturated carbocycles. The maximum absolute atomic E-state index is 9.00. The van der Waals surface area contributed by atoms with Gasteiger partial charge in [0.1, 0.15) is 24.1 Å². The molecule has 2 heterocycles. The first-order valence-electron chi connectivity index (χ1n) is 6.01. The number of aromatic nitrogens is 2. The quantitative estimate of drug-likeness (QED) is 0.740. The summed E-state index contributed by atoms with van der Waals surface area (Å²) in [6.45, 7) is 0.304. The fraction of sp³-hybridized carbons (Fsp3) is 0.0667. The normalized spacial score (nSPS) is 10.4. The summed E-state index contributed by atoms with van der Waals surface area (Å²) >= 11 is 5.92. The highest BCUT2D eigenvalue weighted by Gasteiger charge is 2.05. The molecule has 0 aliphatic carbocycles. The van der Waals surface area contributed by atoms with Crippen molar-refractivity contribution in [2.75, 3.05) is 0 Å². The Hall–Kier alpha value is -2.51. The molecule has 0 saturated heterocycles. The number of benzene rings is 1. The van der Waals surface area contributed by atoms with Crippen LogP contribution in [0, 0.1) is 11.3 Å². The Balaban J connectivity index is 1.82. The van der Waals surface area contributed by atoms with Gasteiger partial charge in [-0.25, -0.2) is 4.98 Å². The van der Waals surface area contributed by atoms with Crippen molar-refractivity contribution in [1.29, 1.82) is 5.26 Å². The largest absolute Gasteiger partial charge is 0.486 e. The molecule has 98 valence electrons. The first kappa shape index (κ1) is 12.5. The molecule has 0 aliphatic heterocycles. The molecule has 2 aromatic heterocycles. The lowest BCUT2D eigenvalue weighted by Crippen LogP contribution is -1.97. The lowest BCUT2D eigenvalue weighted by Gasteiger charge is -2.05. The van der Waals surface area contributed by atoms with E-state index in [0.29, 0.717) is 22.9 Å². The molecule has 0 aliphatic rings. The Morgan fingerprint density at radius 1 is 1.20 bits per heavy atom. The number of rotatable bonds is 3. The molecule has 0 N–H and O–H groups in total. The Labute approximate surface area is 120 Å². The van der Waals surface area contributed by atoms with E-state index in [1.54, 1.807) is 30.5 Å². The molecule has 4 nitrogen and oxygen atoms in total. The zero-order valence-electron chi connectivity index (χ0n) is 10.5. The second kappa shape index (κ2) is 5.24. The van der Waals surface area contributed by atoms with Crippen molar-refractivity contribution in [3.63, 3.8) is 0 Å². The predicted octanol–water partition coefficient (Wildman–Crippen LogP) is 3.44. The van der Waals surface area contributed by atoms with E-state index >= 15 is 0 Å². The van der Waals surface area contributed by atoms with Crippen molar-refractivity contribution in [2.24, 2.45) is 0 Å². The average Bonchev–Trinajstić information content (AvgIpc) is 2.87. The Morgan fingerprint density at radius 3 is 2.90 bits per heavy atom. The molecule has 0 amide bonds. The summed E-state index contributed by atoms with van der Waals surface area (Å²) in [6.07, 6.45) is 3.65. The van der Waals surface area contributed by atoms with Crippen molar-refractivity contribution in [2.45, 2.75) is 6.61 Å². The fourth-order valence-electron chi connectivity index (χ4n) is 1.92. The molecule has 0 bridgehead atoms. The van der Waals surface area contributed by atoms with Gasteiger partial charge in [-0.15, -0.1) is 0 Å². The smallest absolute Gasteiger partial charge is 0.137 e. The summed E-state index contributed by atoms with van der Waals surface area (Å²) in [5, 5.41) is 9.65. The molecule has 20 heavy (non-hydrogen) atoms. The van der Waals surface area contributed by atoms with Gasteiger partial charge < -0.3 is 9.14 Å². The summed E-state index contributed by atoms with van der Waals surface area (Å²) in [7, 11) is 0. The number of ether oxygens (including phenoxy) is 1. The molecule has 5 heteroatoms. The lowest BCUT2D eigenvalue weighted by molar-refractivity contribution is 0.301. The van der Waals surface area contributed by atoms with Crippen LogP contribution in [0.5, 0.6) is 5.75 Å². The van der Waals surface area contributed by atoms with E-state index in [0.717, 1.165) is 11.3 Å². The number of imidazole rings is 1. The lowest BCUT2D eigenvalue weighted by atomic mass is 10.2. The highest BCUT2D eigenvalue weighted by Crippen LogP contribution is 2.18. The van der Waals surface area contributed by atoms with Crippen LogP contribution in [0.1, 0.15) is 11.3 Å². The van der Waals surface area contributed by atoms with Gasteiger partial charge in [0.2, 0.25) is 0 Å². The zero-order chi connectivity index (χ0) is 13.9. The van der Waals surface area contributed by atoms with Gasteiger partial charge in [0.15, 0.2) is 0 Å². The zero-order valence-corrected chi connectivity index (χ0v) is 11.2. The van der Waals surface area contributed by atoms with Gasteiger partial charge >= 0.3 is 0 Å². The highest BCUT2D eigenvalue weighted by molar-refractivity contribution is 6.30. The van der Waals surface area contributed by atoms with Crippen LogP contribution in [-0.2, 0) is 6.61 Å². The molecule has 0 spiro atoms. The minimum atomic E-state index is 0.304. The maximum Gasteiger partial charge on any atom is 0.137 e. The highest BCUT2D eigenvalue weighted by atomic mass is 35.5. The predicted molar refractivity (Wildman–Crippen MR) is 75.7 cm³/mol. The van der Waals surface area contributed by atoms with Gasteiger partial charge in [0.05, 0.1) is 16.3 Å². The van der Waals surface area contributed by atoms with E-state index in [-0.39, 0.29) is 0 Å². The van der Waals surface area contributed by atoms with E-state index in [9.17, 15) is 0 Å². The van der Waals surface area contributed by atoms with E-state index in [1.165, 1.54) is 0 Å². The van der Waals surface area contributed by atoms with Crippen molar-refractivity contribution < 1.29 is 4.74 Å². The van der Waals surface area contributed by atoms with Crippen molar-refractivity contribution in [3.8, 4) is 11.8 Å². The second-order valence-corrected chi connectivity index (χ2v) is 4.68. The van der Waals surface area contributed by atoms with Crippen molar-refractivity contribution >= 4 is 17.2 Å². The molecule has 0 radical (unpaired) electrons. The van der Waals surface area contributed by atoms with Crippen LogP contribution in [-0.4, -0.2) is 9.38 Å². The molecule has 0 atom stereocenters. The average molecular weight is 284 g/mol. The Bertz CT molecular complexity index is 804. The van der Waals surface area contributed by atoms with Gasteiger partial charge in [-0.1, -0.05) is 23.7 Å². The SMILES string of the molecule is N#Cc1ccccc1OCc1cn2cc(Cl)ccc2n1. The molecule has 0 unspecified atom stereocenters. The van der Waals surface area contributed by atoms with Crippen LogP contribution in [0.15, 0.2) is 48.8 Å². The van der Waals surface area contributed by atoms with Crippen LogP contribution in [0.2, 0.25) is 5.02 Å². The second-order valence-electron chi connectivity index (χ2n) is 4.24. The molecule has 3 rings (SSSR count). The number of nitrogens with zero attached hydrogens (tertiary/aromatic N) is 3. The monoisotopic (exact) mass is 283 g/mol. The van der Waals surface area contributed by atoms with Crippen LogP contribution < -0.4 is 4.74 Å².